The zero-order chi connectivity index (χ0) is 17.8. The summed E-state index contributed by atoms with van der Waals surface area (Å²) in [6.45, 7) is 3.51. The van der Waals surface area contributed by atoms with E-state index >= 15 is 0 Å². The minimum Gasteiger partial charge on any atom is -0.481 e. The van der Waals surface area contributed by atoms with E-state index < -0.39 is 6.10 Å². The molecule has 0 fully saturated rings. The van der Waals surface area contributed by atoms with Crippen LogP contribution in [0, 0.1) is 6.92 Å². The van der Waals surface area contributed by atoms with Crippen LogP contribution in [0.4, 0.5) is 5.82 Å². The number of aromatic nitrogens is 4. The van der Waals surface area contributed by atoms with Gasteiger partial charge in [0.15, 0.2) is 6.10 Å². The molecule has 1 amide bonds. The quantitative estimate of drug-likeness (QED) is 0.709. The summed E-state index contributed by atoms with van der Waals surface area (Å²) in [6.07, 6.45) is 2.55. The predicted octanol–water partition coefficient (Wildman–Crippen LogP) is 3.14. The molecule has 25 heavy (non-hydrogen) atoms. The Kier molecular flexibility index (Phi) is 5.08. The summed E-state index contributed by atoms with van der Waals surface area (Å²) < 4.78 is 8.09. The number of rotatable bonds is 5. The number of benzene rings is 1. The predicted molar refractivity (Wildman–Crippen MR) is 96.8 cm³/mol. The van der Waals surface area contributed by atoms with Crippen molar-refractivity contribution in [1.82, 2.24) is 19.7 Å². The number of anilines is 1. The Morgan fingerprint density at radius 2 is 1.92 bits per heavy atom. The molecule has 0 bridgehead atoms. The normalized spacial score (nSPS) is 11.8. The molecule has 0 radical (unpaired) electrons. The molecule has 0 saturated carbocycles. The Bertz CT molecular complexity index is 865. The lowest BCUT2D eigenvalue weighted by Crippen LogP contribution is -2.31. The Hall–Kier alpha value is -2.74. The van der Waals surface area contributed by atoms with Crippen molar-refractivity contribution < 1.29 is 9.53 Å². The van der Waals surface area contributed by atoms with Crippen LogP contribution in [0.1, 0.15) is 12.6 Å². The molecule has 1 unspecified atom stereocenters. The van der Waals surface area contributed by atoms with E-state index in [0.29, 0.717) is 17.5 Å². The molecule has 3 aromatic rings. The number of carbonyl (C=O) groups excluding carboxylic acids is 1. The van der Waals surface area contributed by atoms with Gasteiger partial charge in [-0.3, -0.25) is 4.79 Å². The molecule has 0 saturated heterocycles. The lowest BCUT2D eigenvalue weighted by atomic mass is 10.3. The number of halogens is 1. The highest BCUT2D eigenvalue weighted by Gasteiger charge is 2.18. The lowest BCUT2D eigenvalue weighted by molar-refractivity contribution is -0.122. The molecule has 2 heterocycles. The van der Waals surface area contributed by atoms with Gasteiger partial charge in [-0.2, -0.15) is 9.78 Å². The van der Waals surface area contributed by atoms with Gasteiger partial charge in [0.25, 0.3) is 11.9 Å². The second-order valence-corrected chi connectivity index (χ2v) is 6.25. The Labute approximate surface area is 153 Å². The first-order valence-electron chi connectivity index (χ1n) is 7.60. The molecule has 0 spiro atoms. The van der Waals surface area contributed by atoms with Gasteiger partial charge in [0.1, 0.15) is 11.6 Å². The van der Waals surface area contributed by atoms with Gasteiger partial charge in [-0.25, -0.2) is 9.97 Å². The van der Waals surface area contributed by atoms with Gasteiger partial charge in [-0.1, -0.05) is 15.9 Å². The van der Waals surface area contributed by atoms with Gasteiger partial charge >= 0.3 is 0 Å². The van der Waals surface area contributed by atoms with Crippen molar-refractivity contribution in [3.8, 4) is 11.7 Å². The molecule has 3 rings (SSSR count). The van der Waals surface area contributed by atoms with E-state index in [-0.39, 0.29) is 5.91 Å². The first kappa shape index (κ1) is 17.1. The third kappa shape index (κ3) is 4.21. The second-order valence-electron chi connectivity index (χ2n) is 5.33. The fourth-order valence-corrected chi connectivity index (χ4v) is 2.40. The largest absolute Gasteiger partial charge is 0.481 e. The molecule has 0 aliphatic rings. The van der Waals surface area contributed by atoms with Crippen LogP contribution in [0.25, 0.3) is 5.95 Å². The van der Waals surface area contributed by atoms with E-state index in [1.54, 1.807) is 43.6 Å². The first-order chi connectivity index (χ1) is 12.0. The number of aryl methyl sites for hydroxylation is 1. The van der Waals surface area contributed by atoms with Crippen molar-refractivity contribution in [2.75, 3.05) is 5.32 Å². The van der Waals surface area contributed by atoms with Gasteiger partial charge in [0.05, 0.1) is 5.69 Å². The van der Waals surface area contributed by atoms with Crippen molar-refractivity contribution in [2.45, 2.75) is 20.0 Å². The highest BCUT2D eigenvalue weighted by molar-refractivity contribution is 9.10. The number of carbonyl (C=O) groups is 1. The van der Waals surface area contributed by atoms with Crippen molar-refractivity contribution >= 4 is 27.7 Å². The minimum absolute atomic E-state index is 0.292. The third-order valence-corrected chi connectivity index (χ3v) is 3.85. The highest BCUT2D eigenvalue weighted by atomic mass is 79.9. The maximum absolute atomic E-state index is 12.4. The molecule has 0 aliphatic heterocycles. The zero-order valence-electron chi connectivity index (χ0n) is 13.7. The number of ether oxygens (including phenoxy) is 1. The van der Waals surface area contributed by atoms with E-state index in [0.717, 1.165) is 10.2 Å². The number of amides is 1. The summed E-state index contributed by atoms with van der Waals surface area (Å²) in [6, 6.07) is 10.8. The molecular formula is C17H16BrN5O2. The van der Waals surface area contributed by atoms with Crippen molar-refractivity contribution in [3.05, 3.63) is 59.0 Å². The summed E-state index contributed by atoms with van der Waals surface area (Å²) in [4.78, 5) is 20.8. The molecule has 128 valence electrons. The molecule has 1 atom stereocenters. The van der Waals surface area contributed by atoms with Gasteiger partial charge in [0.2, 0.25) is 0 Å². The molecule has 8 heteroatoms. The van der Waals surface area contributed by atoms with Crippen LogP contribution in [0.2, 0.25) is 0 Å². The second kappa shape index (κ2) is 7.43. The van der Waals surface area contributed by atoms with E-state index in [1.807, 2.05) is 19.1 Å². The van der Waals surface area contributed by atoms with Gasteiger partial charge in [0, 0.05) is 22.9 Å². The molecule has 0 aliphatic carbocycles. The monoisotopic (exact) mass is 401 g/mol. The molecule has 1 aromatic carbocycles. The fraction of sp³-hybridized carbons (Fsp3) is 0.176. The average Bonchev–Trinajstić information content (AvgIpc) is 2.98. The molecular weight excluding hydrogens is 386 g/mol. The van der Waals surface area contributed by atoms with Crippen LogP contribution in [-0.2, 0) is 4.79 Å². The Morgan fingerprint density at radius 1 is 1.24 bits per heavy atom. The SMILES string of the molecule is Cc1cc(NC(=O)C(C)Oc2ccc(Br)cc2)n(-c2ncccn2)n1. The summed E-state index contributed by atoms with van der Waals surface area (Å²) in [5, 5.41) is 7.13. The van der Waals surface area contributed by atoms with Gasteiger partial charge in [-0.15, -0.1) is 0 Å². The van der Waals surface area contributed by atoms with E-state index in [9.17, 15) is 4.79 Å². The first-order valence-corrected chi connectivity index (χ1v) is 8.39. The third-order valence-electron chi connectivity index (χ3n) is 3.32. The Morgan fingerprint density at radius 3 is 2.60 bits per heavy atom. The molecule has 1 N–H and O–H groups in total. The van der Waals surface area contributed by atoms with Crippen LogP contribution < -0.4 is 10.1 Å². The van der Waals surface area contributed by atoms with E-state index in [2.05, 4.69) is 36.3 Å². The number of hydrogen-bond acceptors (Lipinski definition) is 5. The van der Waals surface area contributed by atoms with Crippen LogP contribution in [0.15, 0.2) is 53.3 Å². The number of hydrogen-bond donors (Lipinski definition) is 1. The molecule has 7 nitrogen and oxygen atoms in total. The van der Waals surface area contributed by atoms with Crippen LogP contribution in [0.3, 0.4) is 0 Å². The maximum Gasteiger partial charge on any atom is 0.266 e. The summed E-state index contributed by atoms with van der Waals surface area (Å²) >= 11 is 3.36. The summed E-state index contributed by atoms with van der Waals surface area (Å²) in [5.41, 5.74) is 0.740. The summed E-state index contributed by atoms with van der Waals surface area (Å²) in [7, 11) is 0. The van der Waals surface area contributed by atoms with Crippen LogP contribution in [0.5, 0.6) is 5.75 Å². The topological polar surface area (TPSA) is 81.9 Å². The van der Waals surface area contributed by atoms with E-state index in [4.69, 9.17) is 4.74 Å². The van der Waals surface area contributed by atoms with Crippen molar-refractivity contribution in [2.24, 2.45) is 0 Å². The molecule has 2 aromatic heterocycles. The standard InChI is InChI=1S/C17H16BrN5O2/c1-11-10-15(23(22-11)17-19-8-3-9-20-17)21-16(24)12(2)25-14-6-4-13(18)5-7-14/h3-10,12H,1-2H3,(H,21,24). The zero-order valence-corrected chi connectivity index (χ0v) is 15.3. The fourth-order valence-electron chi connectivity index (χ4n) is 2.14. The number of nitrogens with one attached hydrogen (secondary N) is 1. The number of nitrogens with zero attached hydrogens (tertiary/aromatic N) is 4. The lowest BCUT2D eigenvalue weighted by Gasteiger charge is -2.15. The smallest absolute Gasteiger partial charge is 0.266 e. The van der Waals surface area contributed by atoms with Crippen molar-refractivity contribution in [3.63, 3.8) is 0 Å². The highest BCUT2D eigenvalue weighted by Crippen LogP contribution is 2.18. The van der Waals surface area contributed by atoms with E-state index in [1.165, 1.54) is 4.68 Å². The van der Waals surface area contributed by atoms with Gasteiger partial charge in [-0.05, 0) is 44.2 Å². The maximum atomic E-state index is 12.4. The minimum atomic E-state index is -0.679. The van der Waals surface area contributed by atoms with Gasteiger partial charge < -0.3 is 10.1 Å². The average molecular weight is 402 g/mol. The van der Waals surface area contributed by atoms with Crippen LogP contribution in [-0.4, -0.2) is 31.8 Å². The van der Waals surface area contributed by atoms with Crippen LogP contribution >= 0.6 is 15.9 Å². The van der Waals surface area contributed by atoms with Crippen molar-refractivity contribution in [1.29, 1.82) is 0 Å². The Balaban J connectivity index is 1.73. The summed E-state index contributed by atoms with van der Waals surface area (Å²) in [5.74, 6) is 1.19.